The fourth-order valence-corrected chi connectivity index (χ4v) is 2.18. The Balaban J connectivity index is 1.69. The summed E-state index contributed by atoms with van der Waals surface area (Å²) in [6, 6.07) is 4.99. The summed E-state index contributed by atoms with van der Waals surface area (Å²) in [5.74, 6) is 1.93. The van der Waals surface area contributed by atoms with E-state index < -0.39 is 11.7 Å². The first-order chi connectivity index (χ1) is 10.0. The number of aromatic nitrogens is 3. The number of rotatable bonds is 3. The summed E-state index contributed by atoms with van der Waals surface area (Å²) in [6.45, 7) is 0. The molecule has 6 heteroatoms. The lowest BCUT2D eigenvalue weighted by atomic mass is 9.85. The van der Waals surface area contributed by atoms with Gasteiger partial charge >= 0.3 is 6.18 Å². The highest BCUT2D eigenvalue weighted by molar-refractivity contribution is 5.66. The van der Waals surface area contributed by atoms with Gasteiger partial charge in [0.15, 0.2) is 5.82 Å². The van der Waals surface area contributed by atoms with E-state index in [0.29, 0.717) is 17.3 Å². The van der Waals surface area contributed by atoms with Gasteiger partial charge in [-0.3, -0.25) is 5.10 Å². The van der Waals surface area contributed by atoms with Gasteiger partial charge in [0.25, 0.3) is 0 Å². The molecular weight excluding hydrogens is 279 g/mol. The van der Waals surface area contributed by atoms with Crippen LogP contribution < -0.4 is 0 Å². The number of aromatic amines is 1. The Kier molecular flexibility index (Phi) is 3.53. The first kappa shape index (κ1) is 13.9. The molecule has 1 aromatic heterocycles. The van der Waals surface area contributed by atoms with E-state index in [1.165, 1.54) is 18.6 Å². The Bertz CT molecular complexity index is 637. The molecule has 1 N–H and O–H groups in total. The van der Waals surface area contributed by atoms with Crippen molar-refractivity contribution in [2.24, 2.45) is 0 Å². The van der Waals surface area contributed by atoms with E-state index in [9.17, 15) is 13.2 Å². The predicted octanol–water partition coefficient (Wildman–Crippen LogP) is 4.26. The SMILES string of the molecule is FC(F)(F)c1ccc(/C=C/c2n[nH]c(C3CCC3)n2)cc1. The fourth-order valence-electron chi connectivity index (χ4n) is 2.18. The molecule has 110 valence electrons. The molecule has 1 saturated carbocycles. The van der Waals surface area contributed by atoms with Crippen LogP contribution in [0.3, 0.4) is 0 Å². The maximum atomic E-state index is 12.4. The summed E-state index contributed by atoms with van der Waals surface area (Å²) in [7, 11) is 0. The van der Waals surface area contributed by atoms with Gasteiger partial charge in [-0.25, -0.2) is 4.98 Å². The molecule has 0 unspecified atom stereocenters. The molecule has 3 rings (SSSR count). The Hall–Kier alpha value is -2.11. The molecule has 1 heterocycles. The highest BCUT2D eigenvalue weighted by Crippen LogP contribution is 2.34. The lowest BCUT2D eigenvalue weighted by molar-refractivity contribution is -0.137. The quantitative estimate of drug-likeness (QED) is 0.918. The van der Waals surface area contributed by atoms with E-state index in [4.69, 9.17) is 0 Å². The average molecular weight is 293 g/mol. The molecule has 0 atom stereocenters. The van der Waals surface area contributed by atoms with Crippen LogP contribution >= 0.6 is 0 Å². The van der Waals surface area contributed by atoms with Crippen molar-refractivity contribution in [3.63, 3.8) is 0 Å². The van der Waals surface area contributed by atoms with E-state index in [2.05, 4.69) is 15.2 Å². The molecule has 0 radical (unpaired) electrons. The summed E-state index contributed by atoms with van der Waals surface area (Å²) in [5, 5.41) is 7.00. The molecule has 1 aliphatic carbocycles. The Morgan fingerprint density at radius 2 is 1.81 bits per heavy atom. The van der Waals surface area contributed by atoms with E-state index in [0.717, 1.165) is 30.8 Å². The molecule has 1 fully saturated rings. The van der Waals surface area contributed by atoms with Crippen LogP contribution in [0.1, 0.15) is 48.0 Å². The molecule has 0 aliphatic heterocycles. The van der Waals surface area contributed by atoms with Gasteiger partial charge in [0.05, 0.1) is 5.56 Å². The molecule has 0 spiro atoms. The predicted molar refractivity (Wildman–Crippen MR) is 73.3 cm³/mol. The summed E-state index contributed by atoms with van der Waals surface area (Å²) in [6.07, 6.45) is 2.59. The number of hydrogen-bond acceptors (Lipinski definition) is 2. The Morgan fingerprint density at radius 3 is 2.38 bits per heavy atom. The van der Waals surface area contributed by atoms with Crippen LogP contribution in [0.25, 0.3) is 12.2 Å². The van der Waals surface area contributed by atoms with Crippen molar-refractivity contribution in [3.8, 4) is 0 Å². The number of nitrogens with zero attached hydrogens (tertiary/aromatic N) is 2. The lowest BCUT2D eigenvalue weighted by Gasteiger charge is -2.22. The van der Waals surface area contributed by atoms with Crippen LogP contribution in [0.4, 0.5) is 13.2 Å². The van der Waals surface area contributed by atoms with Crippen molar-refractivity contribution in [2.45, 2.75) is 31.4 Å². The Labute approximate surface area is 119 Å². The highest BCUT2D eigenvalue weighted by Gasteiger charge is 2.29. The molecule has 3 nitrogen and oxygen atoms in total. The van der Waals surface area contributed by atoms with Crippen LogP contribution in [0.5, 0.6) is 0 Å². The van der Waals surface area contributed by atoms with Gasteiger partial charge in [0, 0.05) is 5.92 Å². The van der Waals surface area contributed by atoms with Gasteiger partial charge in [-0.1, -0.05) is 24.6 Å². The van der Waals surface area contributed by atoms with Gasteiger partial charge < -0.3 is 0 Å². The largest absolute Gasteiger partial charge is 0.416 e. The molecule has 0 amide bonds. The van der Waals surface area contributed by atoms with Crippen molar-refractivity contribution in [3.05, 3.63) is 47.0 Å². The first-order valence-electron chi connectivity index (χ1n) is 6.80. The van der Waals surface area contributed by atoms with Gasteiger partial charge in [-0.2, -0.15) is 18.3 Å². The summed E-state index contributed by atoms with van der Waals surface area (Å²) in [4.78, 5) is 4.37. The number of hydrogen-bond donors (Lipinski definition) is 1. The zero-order valence-electron chi connectivity index (χ0n) is 11.2. The summed E-state index contributed by atoms with van der Waals surface area (Å²) < 4.78 is 37.3. The van der Waals surface area contributed by atoms with Gasteiger partial charge in [0.1, 0.15) is 5.82 Å². The number of benzene rings is 1. The fraction of sp³-hybridized carbons (Fsp3) is 0.333. The minimum atomic E-state index is -4.30. The van der Waals surface area contributed by atoms with E-state index >= 15 is 0 Å². The van der Waals surface area contributed by atoms with E-state index in [1.807, 2.05) is 0 Å². The van der Waals surface area contributed by atoms with Gasteiger partial charge in [-0.05, 0) is 36.6 Å². The summed E-state index contributed by atoms with van der Waals surface area (Å²) >= 11 is 0. The zero-order valence-corrected chi connectivity index (χ0v) is 11.2. The number of H-pyrrole nitrogens is 1. The number of nitrogens with one attached hydrogen (secondary N) is 1. The maximum Gasteiger partial charge on any atom is 0.416 e. The lowest BCUT2D eigenvalue weighted by Crippen LogP contribution is -2.10. The summed E-state index contributed by atoms with van der Waals surface area (Å²) in [5.41, 5.74) is 0.0304. The maximum absolute atomic E-state index is 12.4. The van der Waals surface area contributed by atoms with Crippen molar-refractivity contribution in [2.75, 3.05) is 0 Å². The second-order valence-electron chi connectivity index (χ2n) is 5.16. The molecule has 2 aromatic rings. The van der Waals surface area contributed by atoms with Crippen LogP contribution in [0.2, 0.25) is 0 Å². The smallest absolute Gasteiger partial charge is 0.262 e. The monoisotopic (exact) mass is 293 g/mol. The van der Waals surface area contributed by atoms with Crippen LogP contribution in [0.15, 0.2) is 24.3 Å². The van der Waals surface area contributed by atoms with Gasteiger partial charge in [0.2, 0.25) is 0 Å². The third-order valence-corrected chi connectivity index (χ3v) is 3.67. The molecular formula is C15H14F3N3. The minimum absolute atomic E-state index is 0.478. The zero-order chi connectivity index (χ0) is 14.9. The Morgan fingerprint density at radius 1 is 1.10 bits per heavy atom. The number of alkyl halides is 3. The number of halogens is 3. The van der Waals surface area contributed by atoms with E-state index in [-0.39, 0.29) is 0 Å². The molecule has 1 aromatic carbocycles. The standard InChI is InChI=1S/C15H14F3N3/c16-15(17,18)12-7-4-10(5-8-12)6-9-13-19-14(21-20-13)11-2-1-3-11/h4-9,11H,1-3H2,(H,19,20,21)/b9-6+. The van der Waals surface area contributed by atoms with Crippen LogP contribution in [0, 0.1) is 0 Å². The van der Waals surface area contributed by atoms with Crippen molar-refractivity contribution < 1.29 is 13.2 Å². The third-order valence-electron chi connectivity index (χ3n) is 3.67. The minimum Gasteiger partial charge on any atom is -0.262 e. The molecule has 21 heavy (non-hydrogen) atoms. The topological polar surface area (TPSA) is 41.6 Å². The second-order valence-corrected chi connectivity index (χ2v) is 5.16. The highest BCUT2D eigenvalue weighted by atomic mass is 19.4. The van der Waals surface area contributed by atoms with Crippen LogP contribution in [-0.2, 0) is 6.18 Å². The van der Waals surface area contributed by atoms with E-state index in [1.54, 1.807) is 12.2 Å². The second kappa shape index (κ2) is 5.35. The van der Waals surface area contributed by atoms with Crippen molar-refractivity contribution in [1.82, 2.24) is 15.2 Å². The molecule has 0 bridgehead atoms. The van der Waals surface area contributed by atoms with Crippen molar-refractivity contribution >= 4 is 12.2 Å². The average Bonchev–Trinajstić information content (AvgIpc) is 2.82. The van der Waals surface area contributed by atoms with Crippen molar-refractivity contribution in [1.29, 1.82) is 0 Å². The normalized spacial score (nSPS) is 16.3. The first-order valence-corrected chi connectivity index (χ1v) is 6.80. The third kappa shape index (κ3) is 3.15. The molecule has 1 aliphatic rings. The van der Waals surface area contributed by atoms with Crippen LogP contribution in [-0.4, -0.2) is 15.2 Å². The van der Waals surface area contributed by atoms with Gasteiger partial charge in [-0.15, -0.1) is 0 Å². The molecule has 0 saturated heterocycles.